The van der Waals surface area contributed by atoms with Gasteiger partial charge in [-0.15, -0.1) is 0 Å². The minimum atomic E-state index is -4.55. The first kappa shape index (κ1) is 26.6. The van der Waals surface area contributed by atoms with Gasteiger partial charge in [-0.05, 0) is 73.4 Å². The van der Waals surface area contributed by atoms with Crippen molar-refractivity contribution in [3.8, 4) is 11.1 Å². The van der Waals surface area contributed by atoms with E-state index in [0.717, 1.165) is 22.2 Å². The molecular formula is C27H31FN3O6P. The second-order valence-corrected chi connectivity index (χ2v) is 12.3. The van der Waals surface area contributed by atoms with E-state index < -0.39 is 25.7 Å². The van der Waals surface area contributed by atoms with E-state index in [-0.39, 0.29) is 17.4 Å². The van der Waals surface area contributed by atoms with Crippen LogP contribution in [0.4, 0.5) is 10.1 Å². The van der Waals surface area contributed by atoms with Crippen LogP contribution in [0.1, 0.15) is 66.8 Å². The highest BCUT2D eigenvalue weighted by Gasteiger charge is 2.35. The molecule has 0 saturated heterocycles. The van der Waals surface area contributed by atoms with E-state index in [9.17, 15) is 18.5 Å². The molecule has 2 aromatic carbocycles. The standard InChI is InChI=1S/C27H31FN3O6P/c1-27(2)13-23-25(20-10-4-16(28)12-22(20)31(23)24(32)14-27)15-3-9-19(26(29)33)21(11-15)30-17-5-7-18(8-6-17)37-38(34,35)36/h3-4,9-12,17-18,30H,5-8,13-14H2,1-2H3,(H2,29,33)(H2,34,35,36)/t17-,18-. The molecule has 2 aliphatic rings. The molecule has 11 heteroatoms. The van der Waals surface area contributed by atoms with E-state index in [4.69, 9.17) is 20.0 Å². The average Bonchev–Trinajstić information content (AvgIpc) is 3.11. The van der Waals surface area contributed by atoms with Crippen molar-refractivity contribution in [2.75, 3.05) is 5.32 Å². The zero-order valence-electron chi connectivity index (χ0n) is 21.2. The number of phosphoric acid groups is 1. The Balaban J connectivity index is 1.54. The van der Waals surface area contributed by atoms with Gasteiger partial charge in [-0.3, -0.25) is 18.7 Å². The van der Waals surface area contributed by atoms with Crippen molar-refractivity contribution >= 4 is 36.2 Å². The maximum absolute atomic E-state index is 14.2. The molecule has 38 heavy (non-hydrogen) atoms. The number of hydrogen-bond acceptors (Lipinski definition) is 5. The van der Waals surface area contributed by atoms with E-state index in [0.29, 0.717) is 55.3 Å². The minimum absolute atomic E-state index is 0.0609. The Morgan fingerprint density at radius 2 is 1.84 bits per heavy atom. The number of halogens is 1. The number of nitrogens with zero attached hydrogens (tertiary/aromatic N) is 1. The van der Waals surface area contributed by atoms with Crippen LogP contribution in [0.3, 0.4) is 0 Å². The molecule has 0 radical (unpaired) electrons. The minimum Gasteiger partial charge on any atom is -0.382 e. The van der Waals surface area contributed by atoms with Gasteiger partial charge < -0.3 is 20.8 Å². The summed E-state index contributed by atoms with van der Waals surface area (Å²) < 4.78 is 31.9. The monoisotopic (exact) mass is 543 g/mol. The number of nitrogens with one attached hydrogen (secondary N) is 1. The Hall–Kier alpha value is -3.04. The number of anilines is 1. The quantitative estimate of drug-likeness (QED) is 0.321. The molecular weight excluding hydrogens is 512 g/mol. The smallest absolute Gasteiger partial charge is 0.382 e. The number of carbonyl (C=O) groups is 2. The largest absolute Gasteiger partial charge is 0.469 e. The predicted molar refractivity (Wildman–Crippen MR) is 141 cm³/mol. The third-order valence-electron chi connectivity index (χ3n) is 7.45. The summed E-state index contributed by atoms with van der Waals surface area (Å²) in [5.41, 5.74) is 9.16. The van der Waals surface area contributed by atoms with Crippen molar-refractivity contribution in [2.24, 2.45) is 11.1 Å². The van der Waals surface area contributed by atoms with Gasteiger partial charge in [0.2, 0.25) is 5.91 Å². The number of amides is 1. The van der Waals surface area contributed by atoms with E-state index in [1.165, 1.54) is 12.1 Å². The fourth-order valence-electron chi connectivity index (χ4n) is 5.85. The van der Waals surface area contributed by atoms with Crippen molar-refractivity contribution < 1.29 is 32.9 Å². The van der Waals surface area contributed by atoms with Crippen molar-refractivity contribution in [3.05, 3.63) is 53.5 Å². The number of carbonyl (C=O) groups excluding carboxylic acids is 2. The van der Waals surface area contributed by atoms with Crippen LogP contribution in [0.25, 0.3) is 22.0 Å². The molecule has 9 nitrogen and oxygen atoms in total. The van der Waals surface area contributed by atoms with E-state index in [1.54, 1.807) is 22.8 Å². The maximum Gasteiger partial charge on any atom is 0.469 e. The molecule has 0 unspecified atom stereocenters. The molecule has 1 aliphatic heterocycles. The molecule has 5 rings (SSSR count). The molecule has 1 fully saturated rings. The van der Waals surface area contributed by atoms with E-state index in [2.05, 4.69) is 5.32 Å². The Labute approximate surface area is 219 Å². The van der Waals surface area contributed by atoms with Crippen molar-refractivity contribution in [2.45, 2.75) is 64.5 Å². The number of fused-ring (bicyclic) bond motifs is 3. The molecule has 202 valence electrons. The van der Waals surface area contributed by atoms with Crippen LogP contribution in [0.2, 0.25) is 0 Å². The Bertz CT molecular complexity index is 1490. The number of primary amides is 1. The summed E-state index contributed by atoms with van der Waals surface area (Å²) in [4.78, 5) is 43.6. The van der Waals surface area contributed by atoms with Crippen LogP contribution in [0.5, 0.6) is 0 Å². The van der Waals surface area contributed by atoms with E-state index in [1.807, 2.05) is 19.9 Å². The van der Waals surface area contributed by atoms with Crippen LogP contribution in [0, 0.1) is 11.2 Å². The molecule has 1 saturated carbocycles. The summed E-state index contributed by atoms with van der Waals surface area (Å²) in [6, 6.07) is 9.66. The predicted octanol–water partition coefficient (Wildman–Crippen LogP) is 4.99. The summed E-state index contributed by atoms with van der Waals surface area (Å²) in [6.45, 7) is 4.07. The summed E-state index contributed by atoms with van der Waals surface area (Å²) in [7, 11) is -4.55. The molecule has 2 heterocycles. The van der Waals surface area contributed by atoms with Gasteiger partial charge in [0.15, 0.2) is 0 Å². The van der Waals surface area contributed by atoms with Crippen molar-refractivity contribution in [1.82, 2.24) is 4.57 Å². The first-order valence-electron chi connectivity index (χ1n) is 12.6. The molecule has 1 amide bonds. The van der Waals surface area contributed by atoms with Gasteiger partial charge in [0.25, 0.3) is 5.91 Å². The van der Waals surface area contributed by atoms with Crippen molar-refractivity contribution in [3.63, 3.8) is 0 Å². The molecule has 0 atom stereocenters. The number of phosphoric ester groups is 1. The van der Waals surface area contributed by atoms with Gasteiger partial charge in [0.05, 0.1) is 17.2 Å². The zero-order valence-corrected chi connectivity index (χ0v) is 22.1. The van der Waals surface area contributed by atoms with Gasteiger partial charge in [-0.2, -0.15) is 0 Å². The maximum atomic E-state index is 14.2. The number of benzene rings is 2. The highest BCUT2D eigenvalue weighted by Crippen LogP contribution is 2.44. The van der Waals surface area contributed by atoms with Gasteiger partial charge >= 0.3 is 7.82 Å². The van der Waals surface area contributed by atoms with Gasteiger partial charge in [0, 0.05) is 34.8 Å². The van der Waals surface area contributed by atoms with Gasteiger partial charge in [-0.1, -0.05) is 19.9 Å². The lowest BCUT2D eigenvalue weighted by Crippen LogP contribution is -2.31. The van der Waals surface area contributed by atoms with Crippen LogP contribution in [-0.4, -0.2) is 38.3 Å². The first-order valence-corrected chi connectivity index (χ1v) is 14.1. The summed E-state index contributed by atoms with van der Waals surface area (Å²) in [5.74, 6) is -1.11. The topological polar surface area (TPSA) is 144 Å². The van der Waals surface area contributed by atoms with E-state index >= 15 is 0 Å². The zero-order chi connectivity index (χ0) is 27.4. The first-order chi connectivity index (χ1) is 17.8. The normalized spacial score (nSPS) is 21.3. The molecule has 3 aromatic rings. The average molecular weight is 544 g/mol. The fourth-order valence-corrected chi connectivity index (χ4v) is 6.45. The van der Waals surface area contributed by atoms with Crippen LogP contribution in [-0.2, 0) is 15.5 Å². The number of rotatable bonds is 6. The lowest BCUT2D eigenvalue weighted by molar-refractivity contribution is 0.0815. The van der Waals surface area contributed by atoms with Crippen LogP contribution >= 0.6 is 7.82 Å². The highest BCUT2D eigenvalue weighted by atomic mass is 31.2. The Kier molecular flexibility index (Phi) is 6.72. The number of aromatic nitrogens is 1. The van der Waals surface area contributed by atoms with Crippen LogP contribution < -0.4 is 11.1 Å². The Morgan fingerprint density at radius 1 is 1.13 bits per heavy atom. The number of nitrogens with two attached hydrogens (primary N) is 1. The SMILES string of the molecule is CC1(C)CC(=O)n2c(c(-c3ccc(C(N)=O)c(N[C@H]4CC[C@H](OP(=O)(O)O)CC4)c3)c3ccc(F)cc32)C1. The van der Waals surface area contributed by atoms with Gasteiger partial charge in [0.1, 0.15) is 5.82 Å². The summed E-state index contributed by atoms with van der Waals surface area (Å²) >= 11 is 0. The summed E-state index contributed by atoms with van der Waals surface area (Å²) in [5, 5.41) is 4.14. The third kappa shape index (κ3) is 5.27. The lowest BCUT2D eigenvalue weighted by atomic mass is 9.80. The fraction of sp³-hybridized carbons (Fsp3) is 0.407. The molecule has 5 N–H and O–H groups in total. The molecule has 0 spiro atoms. The second kappa shape index (κ2) is 9.61. The third-order valence-corrected chi connectivity index (χ3v) is 8.02. The molecule has 0 bridgehead atoms. The molecule has 1 aromatic heterocycles. The second-order valence-electron chi connectivity index (χ2n) is 11.1. The highest BCUT2D eigenvalue weighted by molar-refractivity contribution is 7.46. The number of hydrogen-bond donors (Lipinski definition) is 4. The molecule has 1 aliphatic carbocycles. The lowest BCUT2D eigenvalue weighted by Gasteiger charge is -2.31. The Morgan fingerprint density at radius 3 is 2.50 bits per heavy atom. The summed E-state index contributed by atoms with van der Waals surface area (Å²) in [6.07, 6.45) is 2.51. The van der Waals surface area contributed by atoms with Gasteiger partial charge in [-0.25, -0.2) is 8.96 Å². The van der Waals surface area contributed by atoms with Crippen molar-refractivity contribution in [1.29, 1.82) is 0 Å². The van der Waals surface area contributed by atoms with Crippen LogP contribution in [0.15, 0.2) is 36.4 Å².